The summed E-state index contributed by atoms with van der Waals surface area (Å²) in [6.07, 6.45) is 3.50. The Balaban J connectivity index is 2.07. The highest BCUT2D eigenvalue weighted by Gasteiger charge is 2.23. The maximum Gasteiger partial charge on any atom is 0.129 e. The number of rotatable bonds is 2. The fraction of sp³-hybridized carbons (Fsp3) is 0.538. The van der Waals surface area contributed by atoms with Crippen molar-refractivity contribution in [2.45, 2.75) is 44.3 Å². The molecule has 1 aromatic carbocycles. The Bertz CT molecular complexity index is 361. The van der Waals surface area contributed by atoms with Crippen molar-refractivity contribution in [1.82, 2.24) is 0 Å². The molecule has 17 heavy (non-hydrogen) atoms. The van der Waals surface area contributed by atoms with E-state index in [1.807, 2.05) is 0 Å². The van der Waals surface area contributed by atoms with E-state index in [-0.39, 0.29) is 11.9 Å². The van der Waals surface area contributed by atoms with Gasteiger partial charge in [0.1, 0.15) is 23.5 Å². The fourth-order valence-electron chi connectivity index (χ4n) is 2.16. The Hall–Kier alpha value is -1.16. The Kier molecular flexibility index (Phi) is 3.94. The minimum Gasteiger partial charge on any atom is -0.488 e. The van der Waals surface area contributed by atoms with Gasteiger partial charge < -0.3 is 9.84 Å². The second kappa shape index (κ2) is 5.45. The van der Waals surface area contributed by atoms with Crippen LogP contribution in [0.3, 0.4) is 0 Å². The molecule has 2 rings (SSSR count). The second-order valence-electron chi connectivity index (χ2n) is 4.47. The van der Waals surface area contributed by atoms with Gasteiger partial charge in [0.2, 0.25) is 0 Å². The summed E-state index contributed by atoms with van der Waals surface area (Å²) in [6, 6.07) is 3.08. The zero-order valence-electron chi connectivity index (χ0n) is 9.53. The first kappa shape index (κ1) is 12.3. The third-order valence-electron chi connectivity index (χ3n) is 3.04. The molecule has 1 aliphatic carbocycles. The van der Waals surface area contributed by atoms with E-state index in [1.54, 1.807) is 0 Å². The molecule has 0 bridgehead atoms. The van der Waals surface area contributed by atoms with E-state index in [0.717, 1.165) is 43.9 Å². The normalized spacial score (nSPS) is 25.4. The smallest absolute Gasteiger partial charge is 0.129 e. The van der Waals surface area contributed by atoms with Crippen LogP contribution in [0, 0.1) is 11.6 Å². The van der Waals surface area contributed by atoms with Crippen molar-refractivity contribution in [2.24, 2.45) is 0 Å². The second-order valence-corrected chi connectivity index (χ2v) is 4.47. The lowest BCUT2D eigenvalue weighted by Gasteiger charge is -2.22. The molecule has 0 radical (unpaired) electrons. The van der Waals surface area contributed by atoms with E-state index in [0.29, 0.717) is 6.42 Å². The van der Waals surface area contributed by atoms with Crippen molar-refractivity contribution in [2.75, 3.05) is 0 Å². The number of hydrogen-bond donors (Lipinski definition) is 1. The van der Waals surface area contributed by atoms with Gasteiger partial charge in [-0.05, 0) is 19.3 Å². The molecule has 4 heteroatoms. The Morgan fingerprint density at radius 2 is 1.65 bits per heavy atom. The quantitative estimate of drug-likeness (QED) is 0.808. The largest absolute Gasteiger partial charge is 0.488 e. The van der Waals surface area contributed by atoms with Crippen molar-refractivity contribution < 1.29 is 18.6 Å². The molecule has 1 aliphatic rings. The van der Waals surface area contributed by atoms with E-state index in [4.69, 9.17) is 4.74 Å². The lowest BCUT2D eigenvalue weighted by molar-refractivity contribution is 0.0316. The van der Waals surface area contributed by atoms with E-state index < -0.39 is 17.7 Å². The number of hydrogen-bond acceptors (Lipinski definition) is 2. The standard InChI is InChI=1S/C13H16F2O2/c14-9-6-10(15)8-11(7-9)17-13-5-3-1-2-4-12(13)16/h6-8,12-13,16H,1-5H2. The predicted octanol–water partition coefficient (Wildman–Crippen LogP) is 3.04. The van der Waals surface area contributed by atoms with Crippen LogP contribution in [0.25, 0.3) is 0 Å². The summed E-state index contributed by atoms with van der Waals surface area (Å²) in [5, 5.41) is 9.84. The minimum atomic E-state index is -0.664. The zero-order chi connectivity index (χ0) is 12.3. The summed E-state index contributed by atoms with van der Waals surface area (Å²) < 4.78 is 31.4. The first-order valence-corrected chi connectivity index (χ1v) is 5.96. The van der Waals surface area contributed by atoms with Crippen LogP contribution in [0.1, 0.15) is 32.1 Å². The fourth-order valence-corrected chi connectivity index (χ4v) is 2.16. The van der Waals surface area contributed by atoms with Gasteiger partial charge in [0.05, 0.1) is 6.10 Å². The zero-order valence-corrected chi connectivity index (χ0v) is 9.53. The van der Waals surface area contributed by atoms with Crippen LogP contribution in [-0.4, -0.2) is 17.3 Å². The minimum absolute atomic E-state index is 0.147. The SMILES string of the molecule is OC1CCCCCC1Oc1cc(F)cc(F)c1. The predicted molar refractivity (Wildman–Crippen MR) is 59.9 cm³/mol. The van der Waals surface area contributed by atoms with E-state index in [1.165, 1.54) is 0 Å². The highest BCUT2D eigenvalue weighted by atomic mass is 19.1. The molecule has 0 aliphatic heterocycles. The highest BCUT2D eigenvalue weighted by Crippen LogP contribution is 2.24. The molecule has 0 aromatic heterocycles. The van der Waals surface area contributed by atoms with Gasteiger partial charge in [0.15, 0.2) is 0 Å². The monoisotopic (exact) mass is 242 g/mol. The average Bonchev–Trinajstić information content (AvgIpc) is 2.43. The van der Waals surface area contributed by atoms with Gasteiger partial charge in [-0.2, -0.15) is 0 Å². The van der Waals surface area contributed by atoms with Gasteiger partial charge in [-0.1, -0.05) is 12.8 Å². The van der Waals surface area contributed by atoms with E-state index in [9.17, 15) is 13.9 Å². The molecule has 2 atom stereocenters. The summed E-state index contributed by atoms with van der Waals surface area (Å²) >= 11 is 0. The van der Waals surface area contributed by atoms with Crippen molar-refractivity contribution >= 4 is 0 Å². The third kappa shape index (κ3) is 3.40. The van der Waals surface area contributed by atoms with Crippen LogP contribution in [0.15, 0.2) is 18.2 Å². The van der Waals surface area contributed by atoms with Gasteiger partial charge in [-0.15, -0.1) is 0 Å². The summed E-state index contributed by atoms with van der Waals surface area (Å²) in [5.41, 5.74) is 0. The van der Waals surface area contributed by atoms with Crippen molar-refractivity contribution in [3.63, 3.8) is 0 Å². The molecule has 2 unspecified atom stereocenters. The number of ether oxygens (including phenoxy) is 1. The molecule has 1 saturated carbocycles. The van der Waals surface area contributed by atoms with Crippen LogP contribution in [0.5, 0.6) is 5.75 Å². The third-order valence-corrected chi connectivity index (χ3v) is 3.04. The molecule has 0 saturated heterocycles. The topological polar surface area (TPSA) is 29.5 Å². The number of benzene rings is 1. The van der Waals surface area contributed by atoms with Crippen molar-refractivity contribution in [3.8, 4) is 5.75 Å². The van der Waals surface area contributed by atoms with Crippen LogP contribution < -0.4 is 4.74 Å². The van der Waals surface area contributed by atoms with Gasteiger partial charge >= 0.3 is 0 Å². The number of aliphatic hydroxyl groups is 1. The van der Waals surface area contributed by atoms with Crippen LogP contribution >= 0.6 is 0 Å². The first-order valence-electron chi connectivity index (χ1n) is 5.96. The van der Waals surface area contributed by atoms with Gasteiger partial charge in [-0.25, -0.2) is 8.78 Å². The number of halogens is 2. The Labute approximate surface area is 99.2 Å². The molecule has 0 spiro atoms. The van der Waals surface area contributed by atoms with Crippen molar-refractivity contribution in [1.29, 1.82) is 0 Å². The molecular formula is C13H16F2O2. The molecule has 0 heterocycles. The van der Waals surface area contributed by atoms with E-state index >= 15 is 0 Å². The molecule has 1 aromatic rings. The maximum atomic E-state index is 13.0. The summed E-state index contributed by atoms with van der Waals surface area (Å²) in [4.78, 5) is 0. The molecule has 2 nitrogen and oxygen atoms in total. The summed E-state index contributed by atoms with van der Waals surface area (Å²) in [7, 11) is 0. The maximum absolute atomic E-state index is 13.0. The van der Waals surface area contributed by atoms with E-state index in [2.05, 4.69) is 0 Å². The molecular weight excluding hydrogens is 226 g/mol. The average molecular weight is 242 g/mol. The first-order chi connectivity index (χ1) is 8.15. The molecule has 1 N–H and O–H groups in total. The van der Waals surface area contributed by atoms with Gasteiger partial charge in [0.25, 0.3) is 0 Å². The highest BCUT2D eigenvalue weighted by molar-refractivity contribution is 5.24. The van der Waals surface area contributed by atoms with Crippen molar-refractivity contribution in [3.05, 3.63) is 29.8 Å². The Morgan fingerprint density at radius 3 is 2.35 bits per heavy atom. The van der Waals surface area contributed by atoms with Gasteiger partial charge in [0, 0.05) is 18.2 Å². The van der Waals surface area contributed by atoms with Crippen LogP contribution in [-0.2, 0) is 0 Å². The Morgan fingerprint density at radius 1 is 1.00 bits per heavy atom. The van der Waals surface area contributed by atoms with Crippen LogP contribution in [0.4, 0.5) is 8.78 Å². The molecule has 0 amide bonds. The lowest BCUT2D eigenvalue weighted by Crippen LogP contribution is -2.30. The number of aliphatic hydroxyl groups excluding tert-OH is 1. The van der Waals surface area contributed by atoms with Gasteiger partial charge in [-0.3, -0.25) is 0 Å². The van der Waals surface area contributed by atoms with Crippen LogP contribution in [0.2, 0.25) is 0 Å². The summed E-state index contributed by atoms with van der Waals surface area (Å²) in [5.74, 6) is -1.18. The summed E-state index contributed by atoms with van der Waals surface area (Å²) in [6.45, 7) is 0. The lowest BCUT2D eigenvalue weighted by atomic mass is 10.1. The molecule has 1 fully saturated rings. The molecule has 94 valence electrons.